The number of piperidine rings is 1. The molecule has 39 heavy (non-hydrogen) atoms. The van der Waals surface area contributed by atoms with Crippen LogP contribution in [0.1, 0.15) is 49.2 Å². The normalized spacial score (nSPS) is 14.8. The predicted molar refractivity (Wildman–Crippen MR) is 152 cm³/mol. The minimum Gasteiger partial charge on any atom is -0.493 e. The highest BCUT2D eigenvalue weighted by molar-refractivity contribution is 5.86. The van der Waals surface area contributed by atoms with Crippen LogP contribution in [0.15, 0.2) is 48.5 Å². The third kappa shape index (κ3) is 7.35. The molecule has 0 unspecified atom stereocenters. The Balaban J connectivity index is 1.67. The summed E-state index contributed by atoms with van der Waals surface area (Å²) in [6.45, 7) is 9.23. The number of pyridine rings is 1. The van der Waals surface area contributed by atoms with Crippen LogP contribution in [-0.4, -0.2) is 49.5 Å². The van der Waals surface area contributed by atoms with Gasteiger partial charge in [-0.25, -0.2) is 4.39 Å². The van der Waals surface area contributed by atoms with Crippen LogP contribution in [0.2, 0.25) is 0 Å². The summed E-state index contributed by atoms with van der Waals surface area (Å²) >= 11 is 0. The van der Waals surface area contributed by atoms with Gasteiger partial charge in [0.05, 0.1) is 31.0 Å². The lowest BCUT2D eigenvalue weighted by Crippen LogP contribution is -2.38. The summed E-state index contributed by atoms with van der Waals surface area (Å²) < 4.78 is 24.5. The topological polar surface area (TPSA) is 71.9 Å². The van der Waals surface area contributed by atoms with Crippen molar-refractivity contribution in [1.82, 2.24) is 4.98 Å². The van der Waals surface area contributed by atoms with E-state index in [4.69, 9.17) is 14.5 Å². The molecule has 1 N–H and O–H groups in total. The fourth-order valence-electron chi connectivity index (χ4n) is 5.17. The van der Waals surface area contributed by atoms with Crippen molar-refractivity contribution < 1.29 is 23.8 Å². The lowest BCUT2D eigenvalue weighted by molar-refractivity contribution is -0.136. The van der Waals surface area contributed by atoms with Crippen molar-refractivity contribution in [3.05, 3.63) is 76.9 Å². The third-order valence-electron chi connectivity index (χ3n) is 7.57. The lowest BCUT2D eigenvalue weighted by atomic mass is 9.82. The van der Waals surface area contributed by atoms with Crippen molar-refractivity contribution in [2.24, 2.45) is 5.41 Å². The highest BCUT2D eigenvalue weighted by Crippen LogP contribution is 2.42. The molecular formula is C32H39FN2O4. The van der Waals surface area contributed by atoms with Crippen LogP contribution in [0.3, 0.4) is 0 Å². The summed E-state index contributed by atoms with van der Waals surface area (Å²) in [5.74, 6) is -0.366. The van der Waals surface area contributed by atoms with Gasteiger partial charge in [0.25, 0.3) is 0 Å². The summed E-state index contributed by atoms with van der Waals surface area (Å²) in [5, 5.41) is 9.78. The van der Waals surface area contributed by atoms with Gasteiger partial charge in [0, 0.05) is 49.9 Å². The number of carboxylic acid groups (broad SMARTS) is 1. The Morgan fingerprint density at radius 3 is 2.31 bits per heavy atom. The Morgan fingerprint density at radius 1 is 1.03 bits per heavy atom. The van der Waals surface area contributed by atoms with Crippen LogP contribution in [0.5, 0.6) is 5.75 Å². The number of hydrogen-bond acceptors (Lipinski definition) is 5. The molecule has 2 heterocycles. The van der Waals surface area contributed by atoms with Gasteiger partial charge in [-0.05, 0) is 60.6 Å². The van der Waals surface area contributed by atoms with Crippen LogP contribution < -0.4 is 9.64 Å². The smallest absolute Gasteiger partial charge is 0.307 e. The minimum atomic E-state index is -0.862. The SMILES string of the molecule is COCCc1nc(C)c(CC(=O)O)c(N2CCC(C)(C)CC2)c1-c1ccc(OCCc2ccc(F)cc2)cc1. The molecule has 1 aliphatic heterocycles. The number of rotatable bonds is 11. The molecule has 3 aromatic rings. The molecule has 0 spiro atoms. The highest BCUT2D eigenvalue weighted by atomic mass is 19.1. The maximum absolute atomic E-state index is 13.2. The van der Waals surface area contributed by atoms with Gasteiger partial charge in [-0.1, -0.05) is 38.1 Å². The number of halogens is 1. The van der Waals surface area contributed by atoms with Gasteiger partial charge in [-0.2, -0.15) is 0 Å². The number of hydrogen-bond donors (Lipinski definition) is 1. The van der Waals surface area contributed by atoms with E-state index in [1.165, 1.54) is 12.1 Å². The van der Waals surface area contributed by atoms with Crippen molar-refractivity contribution in [2.45, 2.75) is 52.9 Å². The quantitative estimate of drug-likeness (QED) is 0.313. The summed E-state index contributed by atoms with van der Waals surface area (Å²) in [4.78, 5) is 19.2. The van der Waals surface area contributed by atoms with Crippen molar-refractivity contribution in [1.29, 1.82) is 0 Å². The van der Waals surface area contributed by atoms with Gasteiger partial charge in [-0.3, -0.25) is 9.78 Å². The second-order valence-corrected chi connectivity index (χ2v) is 11.1. The average Bonchev–Trinajstić information content (AvgIpc) is 2.90. The summed E-state index contributed by atoms with van der Waals surface area (Å²) in [6, 6.07) is 14.4. The molecule has 0 saturated carbocycles. The van der Waals surface area contributed by atoms with E-state index in [2.05, 4.69) is 18.7 Å². The standard InChI is InChI=1S/C32H39FN2O4/c1-22-27(21-29(36)37)31(35-17-15-32(2,3)16-18-35)30(28(34-22)14-19-38-4)24-7-11-26(12-8-24)39-20-13-23-5-9-25(33)10-6-23/h5-12H,13-21H2,1-4H3,(H,36,37). The van der Waals surface area contributed by atoms with E-state index in [0.29, 0.717) is 26.1 Å². The molecule has 7 heteroatoms. The molecule has 0 bridgehead atoms. The van der Waals surface area contributed by atoms with E-state index in [-0.39, 0.29) is 17.7 Å². The molecule has 1 aromatic heterocycles. The first kappa shape index (κ1) is 28.6. The van der Waals surface area contributed by atoms with Crippen LogP contribution >= 0.6 is 0 Å². The van der Waals surface area contributed by atoms with E-state index in [0.717, 1.165) is 71.0 Å². The second kappa shape index (κ2) is 12.6. The Bertz CT molecular complexity index is 1260. The molecule has 1 saturated heterocycles. The number of aliphatic carboxylic acids is 1. The minimum absolute atomic E-state index is 0.0732. The van der Waals surface area contributed by atoms with Gasteiger partial charge in [0.2, 0.25) is 0 Å². The summed E-state index contributed by atoms with van der Waals surface area (Å²) in [7, 11) is 1.68. The van der Waals surface area contributed by atoms with Gasteiger partial charge >= 0.3 is 5.97 Å². The molecule has 2 aromatic carbocycles. The molecule has 0 aliphatic carbocycles. The molecule has 0 radical (unpaired) electrons. The number of carbonyl (C=O) groups is 1. The number of anilines is 1. The van der Waals surface area contributed by atoms with E-state index in [1.807, 2.05) is 31.2 Å². The molecule has 208 valence electrons. The van der Waals surface area contributed by atoms with E-state index in [1.54, 1.807) is 19.2 Å². The molecule has 0 amide bonds. The number of benzene rings is 2. The van der Waals surface area contributed by atoms with Crippen molar-refractivity contribution in [2.75, 3.05) is 38.3 Å². The number of ether oxygens (including phenoxy) is 2. The van der Waals surface area contributed by atoms with Gasteiger partial charge < -0.3 is 19.5 Å². The fourth-order valence-corrected chi connectivity index (χ4v) is 5.17. The molecule has 6 nitrogen and oxygen atoms in total. The van der Waals surface area contributed by atoms with Crippen molar-refractivity contribution >= 4 is 11.7 Å². The monoisotopic (exact) mass is 534 g/mol. The molecule has 0 atom stereocenters. The van der Waals surface area contributed by atoms with E-state index in [9.17, 15) is 14.3 Å². The lowest BCUT2D eigenvalue weighted by Gasteiger charge is -2.40. The first-order chi connectivity index (χ1) is 18.7. The maximum Gasteiger partial charge on any atom is 0.307 e. The number of aryl methyl sites for hydroxylation is 1. The van der Waals surface area contributed by atoms with Crippen LogP contribution in [0, 0.1) is 18.2 Å². The van der Waals surface area contributed by atoms with Crippen LogP contribution in [-0.2, 0) is 28.8 Å². The highest BCUT2D eigenvalue weighted by Gasteiger charge is 2.30. The second-order valence-electron chi connectivity index (χ2n) is 11.1. The third-order valence-corrected chi connectivity index (χ3v) is 7.57. The Hall–Kier alpha value is -3.45. The first-order valence-corrected chi connectivity index (χ1v) is 13.6. The van der Waals surface area contributed by atoms with Gasteiger partial charge in [0.15, 0.2) is 0 Å². The van der Waals surface area contributed by atoms with Crippen molar-refractivity contribution in [3.8, 4) is 16.9 Å². The van der Waals surface area contributed by atoms with Crippen LogP contribution in [0.25, 0.3) is 11.1 Å². The number of methoxy groups -OCH3 is 1. The van der Waals surface area contributed by atoms with Gasteiger partial charge in [0.1, 0.15) is 11.6 Å². The average molecular weight is 535 g/mol. The molecule has 1 aliphatic rings. The van der Waals surface area contributed by atoms with E-state index < -0.39 is 5.97 Å². The number of aromatic nitrogens is 1. The Kier molecular flexibility index (Phi) is 9.23. The largest absolute Gasteiger partial charge is 0.493 e. The van der Waals surface area contributed by atoms with E-state index >= 15 is 0 Å². The zero-order chi connectivity index (χ0) is 28.0. The maximum atomic E-state index is 13.2. The molecular weight excluding hydrogens is 495 g/mol. The Morgan fingerprint density at radius 2 is 1.69 bits per heavy atom. The first-order valence-electron chi connectivity index (χ1n) is 13.6. The summed E-state index contributed by atoms with van der Waals surface area (Å²) in [6.07, 6.45) is 3.31. The number of nitrogens with zero attached hydrogens (tertiary/aromatic N) is 2. The predicted octanol–water partition coefficient (Wildman–Crippen LogP) is 6.26. The zero-order valence-electron chi connectivity index (χ0n) is 23.4. The van der Waals surface area contributed by atoms with Crippen LogP contribution in [0.4, 0.5) is 10.1 Å². The summed E-state index contributed by atoms with van der Waals surface area (Å²) in [5.41, 5.74) is 6.66. The Labute approximate surface area is 230 Å². The van der Waals surface area contributed by atoms with Gasteiger partial charge in [-0.15, -0.1) is 0 Å². The zero-order valence-corrected chi connectivity index (χ0v) is 23.4. The van der Waals surface area contributed by atoms with Crippen molar-refractivity contribution in [3.63, 3.8) is 0 Å². The fraction of sp³-hybridized carbons (Fsp3) is 0.438. The number of carboxylic acids is 1. The molecule has 1 fully saturated rings. The molecule has 4 rings (SSSR count).